The number of nitrogens with zero attached hydrogens (tertiary/aromatic N) is 2. The lowest BCUT2D eigenvalue weighted by molar-refractivity contribution is 0.0659. The van der Waals surface area contributed by atoms with Gasteiger partial charge in [0.2, 0.25) is 0 Å². The van der Waals surface area contributed by atoms with E-state index in [9.17, 15) is 9.59 Å². The first kappa shape index (κ1) is 13.8. The van der Waals surface area contributed by atoms with Crippen LogP contribution in [0.4, 0.5) is 0 Å². The average molecular weight is 285 g/mol. The fourth-order valence-corrected chi connectivity index (χ4v) is 2.65. The van der Waals surface area contributed by atoms with Gasteiger partial charge in [0.15, 0.2) is 5.78 Å². The summed E-state index contributed by atoms with van der Waals surface area (Å²) in [7, 11) is 2.06. The molecular formula is C16H19N3O2. The van der Waals surface area contributed by atoms with Crippen molar-refractivity contribution in [2.45, 2.75) is 6.92 Å². The maximum atomic E-state index is 12.5. The molecule has 0 aliphatic carbocycles. The third kappa shape index (κ3) is 2.69. The number of piperazine rings is 1. The van der Waals surface area contributed by atoms with E-state index >= 15 is 0 Å². The molecule has 0 spiro atoms. The van der Waals surface area contributed by atoms with Crippen molar-refractivity contribution in [3.05, 3.63) is 35.5 Å². The Morgan fingerprint density at radius 1 is 1.10 bits per heavy atom. The van der Waals surface area contributed by atoms with Gasteiger partial charge in [0.1, 0.15) is 5.69 Å². The molecule has 1 saturated heterocycles. The number of hydrogen-bond donors (Lipinski definition) is 1. The molecule has 0 saturated carbocycles. The van der Waals surface area contributed by atoms with Crippen molar-refractivity contribution in [1.82, 2.24) is 14.8 Å². The van der Waals surface area contributed by atoms with Gasteiger partial charge in [-0.1, -0.05) is 0 Å². The highest BCUT2D eigenvalue weighted by molar-refractivity contribution is 6.01. The van der Waals surface area contributed by atoms with E-state index in [-0.39, 0.29) is 11.7 Å². The fourth-order valence-electron chi connectivity index (χ4n) is 2.65. The molecule has 1 aliphatic rings. The van der Waals surface area contributed by atoms with Gasteiger partial charge >= 0.3 is 0 Å². The van der Waals surface area contributed by atoms with E-state index in [1.54, 1.807) is 13.0 Å². The number of hydrogen-bond acceptors (Lipinski definition) is 3. The number of carbonyl (C=O) groups excluding carboxylic acids is 2. The zero-order chi connectivity index (χ0) is 15.0. The van der Waals surface area contributed by atoms with Crippen LogP contribution in [0.25, 0.3) is 10.9 Å². The number of likely N-dealkylation sites (N-methyl/N-ethyl adjacent to an activating group) is 1. The summed E-state index contributed by atoms with van der Waals surface area (Å²) in [6.07, 6.45) is 0. The summed E-state index contributed by atoms with van der Waals surface area (Å²) in [6.45, 7) is 4.86. The number of benzene rings is 1. The second-order valence-corrected chi connectivity index (χ2v) is 5.64. The Bertz CT molecular complexity index is 697. The van der Waals surface area contributed by atoms with Crippen LogP contribution in [0.3, 0.4) is 0 Å². The minimum Gasteiger partial charge on any atom is -0.351 e. The van der Waals surface area contributed by atoms with Gasteiger partial charge in [-0.2, -0.15) is 0 Å². The number of aromatic amines is 1. The number of Topliss-reactive ketones (excluding diaryl/α,β-unsaturated/α-hetero) is 1. The molecule has 1 N–H and O–H groups in total. The van der Waals surface area contributed by atoms with Crippen molar-refractivity contribution in [3.63, 3.8) is 0 Å². The minimum absolute atomic E-state index is 0.0312. The number of H-pyrrole nitrogens is 1. The van der Waals surface area contributed by atoms with Gasteiger partial charge in [-0.15, -0.1) is 0 Å². The molecular weight excluding hydrogens is 266 g/mol. The third-order valence-corrected chi connectivity index (χ3v) is 4.05. The van der Waals surface area contributed by atoms with E-state index in [1.165, 1.54) is 0 Å². The Hall–Kier alpha value is -2.14. The van der Waals surface area contributed by atoms with Crippen molar-refractivity contribution in [2.24, 2.45) is 0 Å². The number of carbonyl (C=O) groups is 2. The summed E-state index contributed by atoms with van der Waals surface area (Å²) in [6, 6.07) is 7.30. The van der Waals surface area contributed by atoms with Crippen LogP contribution < -0.4 is 0 Å². The average Bonchev–Trinajstić information content (AvgIpc) is 2.90. The number of rotatable bonds is 2. The Morgan fingerprint density at radius 2 is 1.81 bits per heavy atom. The van der Waals surface area contributed by atoms with Crippen molar-refractivity contribution in [3.8, 4) is 0 Å². The first-order chi connectivity index (χ1) is 10.0. The molecule has 2 heterocycles. The van der Waals surface area contributed by atoms with Crippen LogP contribution in [0.1, 0.15) is 27.8 Å². The van der Waals surface area contributed by atoms with E-state index < -0.39 is 0 Å². The molecule has 1 amide bonds. The quantitative estimate of drug-likeness (QED) is 0.855. The molecule has 5 heteroatoms. The Morgan fingerprint density at radius 3 is 2.48 bits per heavy atom. The molecule has 0 atom stereocenters. The molecule has 0 radical (unpaired) electrons. The molecule has 3 rings (SSSR count). The summed E-state index contributed by atoms with van der Waals surface area (Å²) in [4.78, 5) is 31.2. The monoisotopic (exact) mass is 285 g/mol. The predicted molar refractivity (Wildman–Crippen MR) is 81.7 cm³/mol. The van der Waals surface area contributed by atoms with Gasteiger partial charge in [0.05, 0.1) is 0 Å². The van der Waals surface area contributed by atoms with Crippen LogP contribution in [0.2, 0.25) is 0 Å². The van der Waals surface area contributed by atoms with Crippen LogP contribution in [-0.4, -0.2) is 59.7 Å². The number of amides is 1. The van der Waals surface area contributed by atoms with Gasteiger partial charge in [-0.05, 0) is 38.2 Å². The summed E-state index contributed by atoms with van der Waals surface area (Å²) >= 11 is 0. The molecule has 1 fully saturated rings. The molecule has 1 aromatic heterocycles. The van der Waals surface area contributed by atoms with Gasteiger partial charge in [0.25, 0.3) is 5.91 Å². The summed E-state index contributed by atoms with van der Waals surface area (Å²) < 4.78 is 0. The smallest absolute Gasteiger partial charge is 0.270 e. The van der Waals surface area contributed by atoms with Gasteiger partial charge in [-0.25, -0.2) is 0 Å². The number of fused-ring (bicyclic) bond motifs is 1. The Balaban J connectivity index is 1.86. The number of aromatic nitrogens is 1. The van der Waals surface area contributed by atoms with Crippen molar-refractivity contribution in [1.29, 1.82) is 0 Å². The van der Waals surface area contributed by atoms with E-state index in [0.717, 1.165) is 37.1 Å². The summed E-state index contributed by atoms with van der Waals surface area (Å²) in [5, 5.41) is 0.903. The number of ketones is 1. The first-order valence-electron chi connectivity index (χ1n) is 7.16. The van der Waals surface area contributed by atoms with Gasteiger partial charge < -0.3 is 14.8 Å². The maximum Gasteiger partial charge on any atom is 0.270 e. The molecule has 21 heavy (non-hydrogen) atoms. The summed E-state index contributed by atoms with van der Waals surface area (Å²) in [5.74, 6) is 0.0636. The Labute approximate surface area is 123 Å². The zero-order valence-corrected chi connectivity index (χ0v) is 12.3. The lowest BCUT2D eigenvalue weighted by Gasteiger charge is -2.32. The predicted octanol–water partition coefficient (Wildman–Crippen LogP) is 1.76. The minimum atomic E-state index is 0.0312. The standard InChI is InChI=1S/C16H19N3O2/c1-11(20)12-3-4-14-13(9-12)10-15(17-14)16(21)19-7-5-18(2)6-8-19/h3-4,9-10,17H,5-8H2,1-2H3. The third-order valence-electron chi connectivity index (χ3n) is 4.05. The second-order valence-electron chi connectivity index (χ2n) is 5.64. The van der Waals surface area contributed by atoms with Crippen LogP contribution in [0.15, 0.2) is 24.3 Å². The summed E-state index contributed by atoms with van der Waals surface area (Å²) in [5.41, 5.74) is 2.15. The topological polar surface area (TPSA) is 56.4 Å². The van der Waals surface area contributed by atoms with Gasteiger partial charge in [0, 0.05) is 42.6 Å². The van der Waals surface area contributed by atoms with E-state index in [1.807, 2.05) is 23.1 Å². The lowest BCUT2D eigenvalue weighted by atomic mass is 10.1. The lowest BCUT2D eigenvalue weighted by Crippen LogP contribution is -2.47. The Kier molecular flexibility index (Phi) is 3.51. The van der Waals surface area contributed by atoms with E-state index in [4.69, 9.17) is 0 Å². The van der Waals surface area contributed by atoms with Crippen molar-refractivity contribution < 1.29 is 9.59 Å². The molecule has 5 nitrogen and oxygen atoms in total. The molecule has 1 aromatic carbocycles. The number of nitrogens with one attached hydrogen (secondary N) is 1. The van der Waals surface area contributed by atoms with Crippen LogP contribution >= 0.6 is 0 Å². The largest absolute Gasteiger partial charge is 0.351 e. The highest BCUT2D eigenvalue weighted by Crippen LogP contribution is 2.19. The van der Waals surface area contributed by atoms with Gasteiger partial charge in [-0.3, -0.25) is 9.59 Å². The van der Waals surface area contributed by atoms with Crippen LogP contribution in [0, 0.1) is 0 Å². The second kappa shape index (κ2) is 5.33. The fraction of sp³-hybridized carbons (Fsp3) is 0.375. The molecule has 0 bridgehead atoms. The van der Waals surface area contributed by atoms with Crippen LogP contribution in [0.5, 0.6) is 0 Å². The zero-order valence-electron chi connectivity index (χ0n) is 12.3. The highest BCUT2D eigenvalue weighted by Gasteiger charge is 2.21. The molecule has 2 aromatic rings. The maximum absolute atomic E-state index is 12.5. The molecule has 1 aliphatic heterocycles. The van der Waals surface area contributed by atoms with Crippen LogP contribution in [-0.2, 0) is 0 Å². The van der Waals surface area contributed by atoms with E-state index in [2.05, 4.69) is 16.9 Å². The molecule has 110 valence electrons. The van der Waals surface area contributed by atoms with Crippen molar-refractivity contribution >= 4 is 22.6 Å². The molecule has 0 unspecified atom stereocenters. The highest BCUT2D eigenvalue weighted by atomic mass is 16.2. The first-order valence-corrected chi connectivity index (χ1v) is 7.16. The normalized spacial score (nSPS) is 16.4. The van der Waals surface area contributed by atoms with Crippen molar-refractivity contribution in [2.75, 3.05) is 33.2 Å². The van der Waals surface area contributed by atoms with E-state index in [0.29, 0.717) is 11.3 Å². The SMILES string of the molecule is CC(=O)c1ccc2[nH]c(C(=O)N3CCN(C)CC3)cc2c1.